The van der Waals surface area contributed by atoms with E-state index < -0.39 is 121 Å². The topological polar surface area (TPSA) is 209 Å². The molecule has 2 aliphatic heterocycles. The summed E-state index contributed by atoms with van der Waals surface area (Å²) in [5.74, 6) is -5.02. The molecule has 3 aromatic carbocycles. The van der Waals surface area contributed by atoms with Gasteiger partial charge in [0, 0.05) is 43.2 Å². The zero-order valence-corrected chi connectivity index (χ0v) is 47.2. The second-order valence-corrected chi connectivity index (χ2v) is 26.5. The van der Waals surface area contributed by atoms with Crippen molar-refractivity contribution in [3.05, 3.63) is 112 Å². The molecule has 0 aromatic heterocycles. The van der Waals surface area contributed by atoms with Crippen LogP contribution in [0.2, 0.25) is 18.1 Å². The Morgan fingerprint density at radius 1 is 0.831 bits per heavy atom. The first-order valence-electron chi connectivity index (χ1n) is 26.5. The number of fused-ring (bicyclic) bond motifs is 5. The minimum Gasteiger partial charge on any atom is -0.493 e. The van der Waals surface area contributed by atoms with Crippen molar-refractivity contribution < 1.29 is 76.2 Å². The van der Waals surface area contributed by atoms with Gasteiger partial charge in [-0.3, -0.25) is 19.2 Å². The van der Waals surface area contributed by atoms with Crippen LogP contribution < -0.4 is 9.47 Å². The van der Waals surface area contributed by atoms with E-state index >= 15 is 9.59 Å². The zero-order valence-electron chi connectivity index (χ0n) is 46.2. The number of aliphatic hydroxyl groups is 1. The van der Waals surface area contributed by atoms with Crippen molar-refractivity contribution in [2.75, 3.05) is 27.4 Å². The molecule has 3 aromatic rings. The number of rotatable bonds is 16. The Labute approximate surface area is 451 Å². The lowest BCUT2D eigenvalue weighted by Crippen LogP contribution is -2.82. The monoisotopic (exact) mass is 1080 g/mol. The number of hydrogen-bond acceptors (Lipinski definition) is 16. The molecule has 8 rings (SSSR count). The van der Waals surface area contributed by atoms with Crippen molar-refractivity contribution >= 4 is 50.0 Å². The van der Waals surface area contributed by atoms with Gasteiger partial charge < -0.3 is 52.3 Å². The standard InChI is InChI=1S/C59H73NO16Si/c1-13-77(14-2,15-3)76-45-30-46-58(33-70-46,75-37(7)62)49-51(74-54(65)39-24-20-17-21-25-39)59(67)31-43(35(5)47(56(59,8)9)48(71-36(6)61)50(63)57(45,49)10)73-55(66)44-32-60(52(64)34(4)28-38-22-18-16-19-23-38)53(72-44)40-26-27-41(68-11)42(29-40)69-12/h16-29,43-46,48-49,51,53,67H,13-15,30-33H2,1-12H3/b34-28+/t43-,44?,45-,46+,48+,49-,51-,53?,57+,58-,59+/m0/s1. The van der Waals surface area contributed by atoms with Crippen LogP contribution in [0, 0.1) is 16.7 Å². The molecular weight excluding hydrogens is 1010 g/mol. The number of carbonyl (C=O) groups is 6. The third-order valence-electron chi connectivity index (χ3n) is 17.4. The molecule has 18 heteroatoms. The van der Waals surface area contributed by atoms with Crippen LogP contribution in [0.4, 0.5) is 0 Å². The number of hydrogen-bond donors (Lipinski definition) is 1. The highest BCUT2D eigenvalue weighted by molar-refractivity contribution is 6.73. The maximum Gasteiger partial charge on any atom is 0.338 e. The summed E-state index contributed by atoms with van der Waals surface area (Å²) >= 11 is 0. The fourth-order valence-electron chi connectivity index (χ4n) is 12.9. The largest absolute Gasteiger partial charge is 0.493 e. The Hall–Kier alpha value is -6.18. The van der Waals surface area contributed by atoms with Crippen LogP contribution in [0.1, 0.15) is 110 Å². The SMILES string of the molecule is CC[Si](CC)(CC)O[C@H]1C[C@H]2OC[C@@]2(OC(C)=O)[C@H]2[C@H](OC(=O)c3ccccc3)[C@]3(O)C[C@H](OC(=O)C4CN(C(=O)/C(C)=C/c5ccccc5)C(c5ccc(OC)c(OC)c5)O4)C(C)=C([C@@H](OC(C)=O)C(=O)[C@]12C)C3(C)C. The van der Waals surface area contributed by atoms with Gasteiger partial charge in [0.1, 0.15) is 23.9 Å². The number of carbonyl (C=O) groups excluding carboxylic acids is 6. The Balaban J connectivity index is 1.29. The fraction of sp³-hybridized carbons (Fsp3) is 0.525. The van der Waals surface area contributed by atoms with Gasteiger partial charge in [0.2, 0.25) is 0 Å². The van der Waals surface area contributed by atoms with Gasteiger partial charge in [0.05, 0.1) is 50.4 Å². The summed E-state index contributed by atoms with van der Waals surface area (Å²) in [6.07, 6.45) is -7.89. The molecular formula is C59H73NO16Si. The molecule has 17 nitrogen and oxygen atoms in total. The van der Waals surface area contributed by atoms with E-state index in [0.717, 1.165) is 5.56 Å². The van der Waals surface area contributed by atoms with E-state index in [1.165, 1.54) is 33.0 Å². The molecule has 0 spiro atoms. The summed E-state index contributed by atoms with van der Waals surface area (Å²) in [6, 6.07) is 24.5. The van der Waals surface area contributed by atoms with Gasteiger partial charge in [-0.05, 0) is 86.0 Å². The molecule has 0 radical (unpaired) electrons. The molecule has 4 fully saturated rings. The normalized spacial score (nSPS) is 30.6. The van der Waals surface area contributed by atoms with Gasteiger partial charge in [-0.15, -0.1) is 0 Å². The van der Waals surface area contributed by atoms with Crippen LogP contribution in [0.3, 0.4) is 0 Å². The van der Waals surface area contributed by atoms with Crippen LogP contribution in [-0.2, 0) is 56.8 Å². The molecule has 5 aliphatic rings. The molecule has 2 unspecified atom stereocenters. The smallest absolute Gasteiger partial charge is 0.338 e. The van der Waals surface area contributed by atoms with E-state index in [0.29, 0.717) is 46.3 Å². The quantitative estimate of drug-likeness (QED) is 0.0470. The third-order valence-corrected chi connectivity index (χ3v) is 22.1. The van der Waals surface area contributed by atoms with E-state index in [9.17, 15) is 24.3 Å². The molecule has 77 heavy (non-hydrogen) atoms. The second-order valence-electron chi connectivity index (χ2n) is 21.8. The van der Waals surface area contributed by atoms with E-state index in [1.807, 2.05) is 30.3 Å². The molecule has 11 atom stereocenters. The fourth-order valence-corrected chi connectivity index (χ4v) is 15.8. The van der Waals surface area contributed by atoms with Gasteiger partial charge >= 0.3 is 23.9 Å². The lowest BCUT2D eigenvalue weighted by molar-refractivity contribution is -0.344. The highest BCUT2D eigenvalue weighted by Crippen LogP contribution is 2.65. The van der Waals surface area contributed by atoms with Crippen LogP contribution in [0.15, 0.2) is 95.6 Å². The summed E-state index contributed by atoms with van der Waals surface area (Å²) in [4.78, 5) is 89.3. The van der Waals surface area contributed by atoms with Gasteiger partial charge in [0.25, 0.3) is 5.91 Å². The van der Waals surface area contributed by atoms with Crippen molar-refractivity contribution in [1.82, 2.24) is 4.90 Å². The van der Waals surface area contributed by atoms with Gasteiger partial charge in [-0.25, -0.2) is 9.59 Å². The second kappa shape index (κ2) is 21.9. The molecule has 414 valence electrons. The number of methoxy groups -OCH3 is 2. The Morgan fingerprint density at radius 2 is 1.47 bits per heavy atom. The van der Waals surface area contributed by atoms with Crippen LogP contribution in [0.25, 0.3) is 6.08 Å². The van der Waals surface area contributed by atoms with Gasteiger partial charge in [-0.1, -0.05) is 89.2 Å². The minimum atomic E-state index is -2.65. The van der Waals surface area contributed by atoms with E-state index in [-0.39, 0.29) is 30.7 Å². The molecule has 3 aliphatic carbocycles. The van der Waals surface area contributed by atoms with E-state index in [1.54, 1.807) is 89.2 Å². The molecule has 1 amide bonds. The first kappa shape index (κ1) is 57.0. The van der Waals surface area contributed by atoms with Gasteiger partial charge in [0.15, 0.2) is 49.6 Å². The molecule has 2 heterocycles. The number of Topliss-reactive ketones (excluding diaryl/α,β-unsaturated/α-hetero) is 1. The highest BCUT2D eigenvalue weighted by Gasteiger charge is 2.79. The summed E-state index contributed by atoms with van der Waals surface area (Å²) in [6.45, 7) is 16.4. The Bertz CT molecular complexity index is 2820. The first-order valence-corrected chi connectivity index (χ1v) is 29.0. The van der Waals surface area contributed by atoms with Crippen molar-refractivity contribution in [3.8, 4) is 11.5 Å². The number of nitrogens with zero attached hydrogens (tertiary/aromatic N) is 1. The molecule has 1 N–H and O–H groups in total. The number of amides is 1. The summed E-state index contributed by atoms with van der Waals surface area (Å²) in [7, 11) is 0.319. The maximum atomic E-state index is 16.5. The number of benzene rings is 3. The Kier molecular flexibility index (Phi) is 16.2. The third kappa shape index (κ3) is 9.93. The van der Waals surface area contributed by atoms with Crippen molar-refractivity contribution in [1.29, 1.82) is 0 Å². The van der Waals surface area contributed by atoms with Crippen LogP contribution >= 0.6 is 0 Å². The summed E-state index contributed by atoms with van der Waals surface area (Å²) in [5, 5.41) is 14.3. The summed E-state index contributed by atoms with van der Waals surface area (Å²) < 4.78 is 57.1. The number of ketones is 1. The molecule has 2 bridgehead atoms. The van der Waals surface area contributed by atoms with Crippen LogP contribution in [-0.4, -0.2) is 129 Å². The maximum absolute atomic E-state index is 16.5. The zero-order chi connectivity index (χ0) is 56.0. The van der Waals surface area contributed by atoms with Crippen molar-refractivity contribution in [2.24, 2.45) is 16.7 Å². The van der Waals surface area contributed by atoms with Gasteiger partial charge in [-0.2, -0.15) is 0 Å². The predicted octanol–water partition coefficient (Wildman–Crippen LogP) is 8.28. The van der Waals surface area contributed by atoms with Crippen LogP contribution in [0.5, 0.6) is 11.5 Å². The summed E-state index contributed by atoms with van der Waals surface area (Å²) in [5.41, 5.74) is -5.34. The lowest BCUT2D eigenvalue weighted by atomic mass is 9.44. The first-order chi connectivity index (χ1) is 36.5. The minimum absolute atomic E-state index is 0.0831. The lowest BCUT2D eigenvalue weighted by Gasteiger charge is -2.68. The van der Waals surface area contributed by atoms with E-state index in [4.69, 9.17) is 42.3 Å². The molecule has 2 saturated carbocycles. The number of esters is 4. The van der Waals surface area contributed by atoms with Crippen molar-refractivity contribution in [2.45, 2.75) is 154 Å². The van der Waals surface area contributed by atoms with E-state index in [2.05, 4.69) is 20.8 Å². The van der Waals surface area contributed by atoms with Crippen molar-refractivity contribution in [3.63, 3.8) is 0 Å². The average Bonchev–Trinajstić information content (AvgIpc) is 4.02. The highest BCUT2D eigenvalue weighted by atomic mass is 28.4. The predicted molar refractivity (Wildman–Crippen MR) is 284 cm³/mol. The molecule has 2 saturated heterocycles. The Morgan fingerprint density at radius 3 is 2.04 bits per heavy atom. The average molecular weight is 1080 g/mol. The number of ether oxygens (including phenoxy) is 8.